The molecule has 0 fully saturated rings. The van der Waals surface area contributed by atoms with Crippen molar-refractivity contribution in [1.82, 2.24) is 0 Å². The molecule has 4 rings (SSSR count). The van der Waals surface area contributed by atoms with E-state index in [0.29, 0.717) is 11.8 Å². The van der Waals surface area contributed by atoms with Crippen molar-refractivity contribution in [2.24, 2.45) is 5.92 Å². The Labute approximate surface area is 161 Å². The molecule has 27 heavy (non-hydrogen) atoms. The summed E-state index contributed by atoms with van der Waals surface area (Å²) in [4.78, 5) is 0. The fourth-order valence-electron chi connectivity index (χ4n) is 4.38. The molecule has 2 aliphatic rings. The molecule has 142 valence electrons. The largest absolute Gasteiger partial charge is 0.494 e. The number of fused-ring (bicyclic) bond motifs is 3. The Morgan fingerprint density at radius 1 is 1.07 bits per heavy atom. The molecular weight excluding hydrogens is 337 g/mol. The van der Waals surface area contributed by atoms with E-state index in [9.17, 15) is 4.39 Å². The van der Waals surface area contributed by atoms with Crippen molar-refractivity contribution in [3.05, 3.63) is 71.6 Å². The van der Waals surface area contributed by atoms with Crippen LogP contribution in [0.1, 0.15) is 62.1 Å². The maximum Gasteiger partial charge on any atom is 0.123 e. The Hall–Kier alpha value is -2.29. The number of hydrogen-bond donors (Lipinski definition) is 1. The predicted octanol–water partition coefficient (Wildman–Crippen LogP) is 6.61. The monoisotopic (exact) mass is 365 g/mol. The summed E-state index contributed by atoms with van der Waals surface area (Å²) in [6.07, 6.45) is 10.5. The maximum atomic E-state index is 13.3. The van der Waals surface area contributed by atoms with Gasteiger partial charge in [-0.15, -0.1) is 0 Å². The lowest BCUT2D eigenvalue weighted by atomic mass is 9.77. The number of unbranched alkanes of at least 4 members (excludes halogenated alkanes) is 3. The molecule has 2 aromatic rings. The Morgan fingerprint density at radius 3 is 2.74 bits per heavy atom. The summed E-state index contributed by atoms with van der Waals surface area (Å²) >= 11 is 0. The summed E-state index contributed by atoms with van der Waals surface area (Å²) in [5.41, 5.74) is 3.63. The molecule has 3 atom stereocenters. The molecule has 2 nitrogen and oxygen atoms in total. The van der Waals surface area contributed by atoms with Crippen molar-refractivity contribution >= 4 is 5.69 Å². The summed E-state index contributed by atoms with van der Waals surface area (Å²) in [5, 5.41) is 3.70. The highest BCUT2D eigenvalue weighted by atomic mass is 19.1. The van der Waals surface area contributed by atoms with E-state index in [-0.39, 0.29) is 11.9 Å². The van der Waals surface area contributed by atoms with E-state index >= 15 is 0 Å². The standard InChI is InChI=1S/C24H28FNO/c1-2-3-4-5-15-27-19-13-14-23-22(16-19)20-7-6-8-21(20)24(26-23)17-9-11-18(25)12-10-17/h6-7,9-14,16,20-21,24,26H,2-5,8,15H2,1H3. The minimum absolute atomic E-state index is 0.184. The van der Waals surface area contributed by atoms with Crippen molar-refractivity contribution in [2.45, 2.75) is 51.0 Å². The van der Waals surface area contributed by atoms with E-state index in [4.69, 9.17) is 4.74 Å². The lowest BCUT2D eigenvalue weighted by molar-refractivity contribution is 0.304. The molecule has 3 unspecified atom stereocenters. The van der Waals surface area contributed by atoms with Crippen LogP contribution in [0.2, 0.25) is 0 Å². The molecule has 2 aromatic carbocycles. The second-order valence-corrected chi connectivity index (χ2v) is 7.69. The van der Waals surface area contributed by atoms with Gasteiger partial charge in [-0.1, -0.05) is 50.5 Å². The van der Waals surface area contributed by atoms with Gasteiger partial charge in [0.25, 0.3) is 0 Å². The average molecular weight is 365 g/mol. The molecule has 0 bridgehead atoms. The first-order valence-electron chi connectivity index (χ1n) is 10.2. The molecule has 1 N–H and O–H groups in total. The topological polar surface area (TPSA) is 21.3 Å². The van der Waals surface area contributed by atoms with Gasteiger partial charge in [0, 0.05) is 11.6 Å². The molecule has 0 amide bonds. The first-order chi connectivity index (χ1) is 13.3. The molecule has 3 heteroatoms. The number of nitrogens with one attached hydrogen (secondary N) is 1. The number of anilines is 1. The summed E-state index contributed by atoms with van der Waals surface area (Å²) in [6.45, 7) is 3.01. The molecular formula is C24H28FNO. The lowest BCUT2D eigenvalue weighted by Crippen LogP contribution is -2.29. The third kappa shape index (κ3) is 3.87. The van der Waals surface area contributed by atoms with Gasteiger partial charge in [0.2, 0.25) is 0 Å². The minimum Gasteiger partial charge on any atom is -0.494 e. The van der Waals surface area contributed by atoms with E-state index in [2.05, 4.69) is 42.6 Å². The number of benzene rings is 2. The Bertz CT molecular complexity index is 799. The lowest BCUT2D eigenvalue weighted by Gasteiger charge is -2.37. The Balaban J connectivity index is 1.52. The van der Waals surface area contributed by atoms with Crippen LogP contribution in [0.4, 0.5) is 10.1 Å². The van der Waals surface area contributed by atoms with E-state index in [1.54, 1.807) is 12.1 Å². The van der Waals surface area contributed by atoms with E-state index < -0.39 is 0 Å². The Kier molecular flexibility index (Phi) is 5.47. The van der Waals surface area contributed by atoms with Gasteiger partial charge in [-0.3, -0.25) is 0 Å². The number of allylic oxidation sites excluding steroid dienone is 2. The molecule has 1 aliphatic carbocycles. The molecule has 0 spiro atoms. The Morgan fingerprint density at radius 2 is 1.93 bits per heavy atom. The first kappa shape index (κ1) is 18.1. The van der Waals surface area contributed by atoms with Crippen molar-refractivity contribution in [3.8, 4) is 5.75 Å². The summed E-state index contributed by atoms with van der Waals surface area (Å²) in [6, 6.07) is 13.5. The molecule has 0 aromatic heterocycles. The van der Waals surface area contributed by atoms with E-state index in [1.165, 1.54) is 24.8 Å². The zero-order valence-electron chi connectivity index (χ0n) is 16.0. The van der Waals surface area contributed by atoms with Crippen LogP contribution in [-0.2, 0) is 0 Å². The fourth-order valence-corrected chi connectivity index (χ4v) is 4.38. The summed E-state index contributed by atoms with van der Waals surface area (Å²) in [5.74, 6) is 1.63. The van der Waals surface area contributed by atoms with Gasteiger partial charge in [-0.25, -0.2) is 4.39 Å². The normalized spacial score (nSPS) is 22.8. The van der Waals surface area contributed by atoms with Crippen LogP contribution in [0, 0.1) is 11.7 Å². The highest BCUT2D eigenvalue weighted by Crippen LogP contribution is 2.50. The molecule has 1 aliphatic heterocycles. The van der Waals surface area contributed by atoms with Crippen LogP contribution < -0.4 is 10.1 Å². The molecule has 1 heterocycles. The zero-order valence-corrected chi connectivity index (χ0v) is 16.0. The number of rotatable bonds is 7. The van der Waals surface area contributed by atoms with Gasteiger partial charge in [-0.05, 0) is 60.2 Å². The highest BCUT2D eigenvalue weighted by Gasteiger charge is 2.38. The number of hydrogen-bond acceptors (Lipinski definition) is 2. The number of halogens is 1. The van der Waals surface area contributed by atoms with Gasteiger partial charge in [0.05, 0.1) is 12.6 Å². The molecule has 0 saturated heterocycles. The van der Waals surface area contributed by atoms with Crippen molar-refractivity contribution in [2.75, 3.05) is 11.9 Å². The smallest absolute Gasteiger partial charge is 0.123 e. The first-order valence-corrected chi connectivity index (χ1v) is 10.2. The van der Waals surface area contributed by atoms with Gasteiger partial charge >= 0.3 is 0 Å². The van der Waals surface area contributed by atoms with Crippen LogP contribution in [0.3, 0.4) is 0 Å². The summed E-state index contributed by atoms with van der Waals surface area (Å²) in [7, 11) is 0. The van der Waals surface area contributed by atoms with Gasteiger partial charge < -0.3 is 10.1 Å². The van der Waals surface area contributed by atoms with E-state index in [1.807, 2.05) is 12.1 Å². The molecule has 0 saturated carbocycles. The third-order valence-electron chi connectivity index (χ3n) is 5.83. The second kappa shape index (κ2) is 8.16. The zero-order chi connectivity index (χ0) is 18.6. The fraction of sp³-hybridized carbons (Fsp3) is 0.417. The number of ether oxygens (including phenoxy) is 1. The predicted molar refractivity (Wildman–Crippen MR) is 109 cm³/mol. The average Bonchev–Trinajstić information content (AvgIpc) is 3.18. The highest BCUT2D eigenvalue weighted by molar-refractivity contribution is 5.61. The van der Waals surface area contributed by atoms with Crippen molar-refractivity contribution < 1.29 is 9.13 Å². The quantitative estimate of drug-likeness (QED) is 0.440. The summed E-state index contributed by atoms with van der Waals surface area (Å²) < 4.78 is 19.3. The molecule has 0 radical (unpaired) electrons. The SMILES string of the molecule is CCCCCCOc1ccc2c(c1)C1C=CCC1C(c1ccc(F)cc1)N2. The minimum atomic E-state index is -0.184. The van der Waals surface area contributed by atoms with Crippen LogP contribution in [0.25, 0.3) is 0 Å². The van der Waals surface area contributed by atoms with Gasteiger partial charge in [-0.2, -0.15) is 0 Å². The van der Waals surface area contributed by atoms with Crippen LogP contribution in [-0.4, -0.2) is 6.61 Å². The third-order valence-corrected chi connectivity index (χ3v) is 5.83. The van der Waals surface area contributed by atoms with Gasteiger partial charge in [0.15, 0.2) is 0 Å². The van der Waals surface area contributed by atoms with Crippen LogP contribution >= 0.6 is 0 Å². The van der Waals surface area contributed by atoms with Crippen molar-refractivity contribution in [3.63, 3.8) is 0 Å². The van der Waals surface area contributed by atoms with Crippen LogP contribution in [0.15, 0.2) is 54.6 Å². The van der Waals surface area contributed by atoms with Crippen molar-refractivity contribution in [1.29, 1.82) is 0 Å². The van der Waals surface area contributed by atoms with Gasteiger partial charge in [0.1, 0.15) is 11.6 Å². The maximum absolute atomic E-state index is 13.3. The van der Waals surface area contributed by atoms with E-state index in [0.717, 1.165) is 36.4 Å². The second-order valence-electron chi connectivity index (χ2n) is 7.69. The van der Waals surface area contributed by atoms with Crippen LogP contribution in [0.5, 0.6) is 5.75 Å².